The van der Waals surface area contributed by atoms with E-state index in [-0.39, 0.29) is 6.04 Å². The Morgan fingerprint density at radius 1 is 1.23 bits per heavy atom. The zero-order valence-electron chi connectivity index (χ0n) is 7.59. The van der Waals surface area contributed by atoms with Crippen molar-refractivity contribution in [3.05, 3.63) is 33.8 Å². The second-order valence-electron chi connectivity index (χ2n) is 3.01. The van der Waals surface area contributed by atoms with E-state index in [4.69, 9.17) is 23.2 Å². The van der Waals surface area contributed by atoms with Gasteiger partial charge in [-0.3, -0.25) is 4.99 Å². The van der Waals surface area contributed by atoms with Crippen LogP contribution in [0.1, 0.15) is 19.4 Å². The van der Waals surface area contributed by atoms with Crippen LogP contribution in [0.25, 0.3) is 0 Å². The van der Waals surface area contributed by atoms with Gasteiger partial charge in [0.1, 0.15) is 0 Å². The minimum atomic E-state index is 0.257. The van der Waals surface area contributed by atoms with Crippen LogP contribution < -0.4 is 0 Å². The van der Waals surface area contributed by atoms with Crippen LogP contribution in [-0.4, -0.2) is 12.3 Å². The molecule has 70 valence electrons. The quantitative estimate of drug-likeness (QED) is 0.666. The zero-order chi connectivity index (χ0) is 9.84. The third kappa shape index (κ3) is 3.02. The molecule has 0 radical (unpaired) electrons. The van der Waals surface area contributed by atoms with Crippen LogP contribution in [-0.2, 0) is 0 Å². The predicted molar refractivity (Wildman–Crippen MR) is 59.2 cm³/mol. The molecule has 1 aromatic rings. The minimum absolute atomic E-state index is 0.257. The van der Waals surface area contributed by atoms with Crippen LogP contribution in [0.3, 0.4) is 0 Å². The number of hydrogen-bond donors (Lipinski definition) is 0. The molecule has 0 bridgehead atoms. The van der Waals surface area contributed by atoms with Crippen molar-refractivity contribution in [1.82, 2.24) is 0 Å². The number of rotatable bonds is 2. The molecule has 0 unspecified atom stereocenters. The first-order chi connectivity index (χ1) is 6.11. The lowest BCUT2D eigenvalue weighted by Crippen LogP contribution is -1.91. The predicted octanol–water partition coefficient (Wildman–Crippen LogP) is 3.82. The molecular formula is C10H11Cl2N. The highest BCUT2D eigenvalue weighted by Crippen LogP contribution is 2.22. The van der Waals surface area contributed by atoms with E-state index < -0.39 is 0 Å². The monoisotopic (exact) mass is 215 g/mol. The molecule has 0 fully saturated rings. The molecule has 0 heterocycles. The van der Waals surface area contributed by atoms with Crippen molar-refractivity contribution >= 4 is 29.4 Å². The number of halogens is 2. The Morgan fingerprint density at radius 2 is 1.77 bits per heavy atom. The molecule has 1 aromatic carbocycles. The van der Waals surface area contributed by atoms with Crippen molar-refractivity contribution in [3.63, 3.8) is 0 Å². The first-order valence-electron chi connectivity index (χ1n) is 4.08. The zero-order valence-corrected chi connectivity index (χ0v) is 9.10. The van der Waals surface area contributed by atoms with Crippen molar-refractivity contribution in [3.8, 4) is 0 Å². The highest BCUT2D eigenvalue weighted by Gasteiger charge is 2.01. The lowest BCUT2D eigenvalue weighted by Gasteiger charge is -2.01. The smallest absolute Gasteiger partial charge is 0.0508 e. The van der Waals surface area contributed by atoms with Gasteiger partial charge in [-0.15, -0.1) is 0 Å². The Bertz CT molecular complexity index is 298. The second kappa shape index (κ2) is 4.64. The fourth-order valence-electron chi connectivity index (χ4n) is 0.858. The molecule has 0 aliphatic carbocycles. The van der Waals surface area contributed by atoms with Gasteiger partial charge >= 0.3 is 0 Å². The third-order valence-electron chi connectivity index (χ3n) is 1.50. The van der Waals surface area contributed by atoms with Gasteiger partial charge < -0.3 is 0 Å². The number of hydrogen-bond acceptors (Lipinski definition) is 1. The molecule has 0 amide bonds. The van der Waals surface area contributed by atoms with Gasteiger partial charge in [-0.25, -0.2) is 0 Å². The maximum atomic E-state index is 5.94. The van der Waals surface area contributed by atoms with Crippen LogP contribution in [0.2, 0.25) is 10.0 Å². The summed E-state index contributed by atoms with van der Waals surface area (Å²) in [5.41, 5.74) is 0.791. The molecule has 3 heteroatoms. The van der Waals surface area contributed by atoms with Crippen LogP contribution in [0, 0.1) is 0 Å². The summed E-state index contributed by atoms with van der Waals surface area (Å²) in [6.45, 7) is 4.00. The standard InChI is InChI=1S/C10H11Cl2N/c1-7(2)13-6-8-9(11)4-3-5-10(8)12/h3-7H,1-2H3. The SMILES string of the molecule is CC(C)N=Cc1c(Cl)cccc1Cl. The van der Waals surface area contributed by atoms with Gasteiger partial charge in [-0.2, -0.15) is 0 Å². The summed E-state index contributed by atoms with van der Waals surface area (Å²) in [5, 5.41) is 1.27. The van der Waals surface area contributed by atoms with E-state index in [0.717, 1.165) is 5.56 Å². The van der Waals surface area contributed by atoms with Gasteiger partial charge in [0.15, 0.2) is 0 Å². The molecule has 0 saturated carbocycles. The Labute approximate surface area is 88.4 Å². The number of aliphatic imine (C=N–C) groups is 1. The summed E-state index contributed by atoms with van der Waals surface area (Å²) in [4.78, 5) is 4.22. The van der Waals surface area contributed by atoms with E-state index in [1.165, 1.54) is 0 Å². The normalized spacial score (nSPS) is 11.5. The second-order valence-corrected chi connectivity index (χ2v) is 3.82. The van der Waals surface area contributed by atoms with E-state index >= 15 is 0 Å². The molecular weight excluding hydrogens is 205 g/mol. The van der Waals surface area contributed by atoms with E-state index in [9.17, 15) is 0 Å². The molecule has 0 spiro atoms. The van der Waals surface area contributed by atoms with Crippen molar-refractivity contribution in [2.75, 3.05) is 0 Å². The van der Waals surface area contributed by atoms with Crippen LogP contribution in [0.15, 0.2) is 23.2 Å². The molecule has 0 aromatic heterocycles. The van der Waals surface area contributed by atoms with Crippen molar-refractivity contribution in [1.29, 1.82) is 0 Å². The Balaban J connectivity index is 3.00. The molecule has 1 rings (SSSR count). The maximum Gasteiger partial charge on any atom is 0.0508 e. The highest BCUT2D eigenvalue weighted by molar-refractivity contribution is 6.38. The van der Waals surface area contributed by atoms with Crippen LogP contribution in [0.4, 0.5) is 0 Å². The van der Waals surface area contributed by atoms with E-state index in [0.29, 0.717) is 10.0 Å². The molecule has 0 aliphatic rings. The molecule has 0 aliphatic heterocycles. The summed E-state index contributed by atoms with van der Waals surface area (Å²) in [6, 6.07) is 5.68. The van der Waals surface area contributed by atoms with Gasteiger partial charge in [-0.05, 0) is 26.0 Å². The van der Waals surface area contributed by atoms with Crippen molar-refractivity contribution in [2.24, 2.45) is 4.99 Å². The average molecular weight is 216 g/mol. The fraction of sp³-hybridized carbons (Fsp3) is 0.300. The van der Waals surface area contributed by atoms with E-state index in [1.807, 2.05) is 19.9 Å². The van der Waals surface area contributed by atoms with Crippen molar-refractivity contribution in [2.45, 2.75) is 19.9 Å². The summed E-state index contributed by atoms with van der Waals surface area (Å²) in [6.07, 6.45) is 1.72. The van der Waals surface area contributed by atoms with Gasteiger partial charge in [0.05, 0.1) is 10.0 Å². The van der Waals surface area contributed by atoms with Gasteiger partial charge in [0.2, 0.25) is 0 Å². The highest BCUT2D eigenvalue weighted by atomic mass is 35.5. The lowest BCUT2D eigenvalue weighted by atomic mass is 10.2. The van der Waals surface area contributed by atoms with Gasteiger partial charge in [0.25, 0.3) is 0 Å². The number of nitrogens with zero attached hydrogens (tertiary/aromatic N) is 1. The van der Waals surface area contributed by atoms with Crippen molar-refractivity contribution < 1.29 is 0 Å². The lowest BCUT2D eigenvalue weighted by molar-refractivity contribution is 0.841. The first kappa shape index (κ1) is 10.6. The number of benzene rings is 1. The third-order valence-corrected chi connectivity index (χ3v) is 2.16. The Hall–Kier alpha value is -0.530. The summed E-state index contributed by atoms with van der Waals surface area (Å²) in [5.74, 6) is 0. The van der Waals surface area contributed by atoms with Gasteiger partial charge in [-0.1, -0.05) is 29.3 Å². The molecule has 0 saturated heterocycles. The summed E-state index contributed by atoms with van der Waals surface area (Å²) < 4.78 is 0. The molecule has 1 nitrogen and oxygen atoms in total. The average Bonchev–Trinajstić information content (AvgIpc) is 2.03. The topological polar surface area (TPSA) is 12.4 Å². The van der Waals surface area contributed by atoms with Crippen LogP contribution >= 0.6 is 23.2 Å². The minimum Gasteiger partial charge on any atom is -0.290 e. The molecule has 0 N–H and O–H groups in total. The fourth-order valence-corrected chi connectivity index (χ4v) is 1.35. The molecule has 13 heavy (non-hydrogen) atoms. The molecule has 0 atom stereocenters. The summed E-state index contributed by atoms with van der Waals surface area (Å²) in [7, 11) is 0. The van der Waals surface area contributed by atoms with E-state index in [2.05, 4.69) is 4.99 Å². The van der Waals surface area contributed by atoms with Crippen LogP contribution in [0.5, 0.6) is 0 Å². The first-order valence-corrected chi connectivity index (χ1v) is 4.84. The Kier molecular flexibility index (Phi) is 3.76. The Morgan fingerprint density at radius 3 is 2.23 bits per heavy atom. The largest absolute Gasteiger partial charge is 0.290 e. The van der Waals surface area contributed by atoms with Gasteiger partial charge in [0, 0.05) is 17.8 Å². The maximum absolute atomic E-state index is 5.94. The summed E-state index contributed by atoms with van der Waals surface area (Å²) >= 11 is 11.9. The van der Waals surface area contributed by atoms with E-state index in [1.54, 1.807) is 18.3 Å².